The molecule has 1 N–H and O–H groups in total. The number of carbonyl (C=O) groups is 3. The topological polar surface area (TPSA) is 108 Å². The van der Waals surface area contributed by atoms with Gasteiger partial charge in [-0.15, -0.1) is 0 Å². The Bertz CT molecular complexity index is 1510. The molecule has 2 unspecified atom stereocenters. The van der Waals surface area contributed by atoms with Gasteiger partial charge in [-0.1, -0.05) is 286 Å². The van der Waals surface area contributed by atoms with E-state index in [2.05, 4.69) is 74.6 Å². The molecule has 0 aromatic carbocycles. The van der Waals surface area contributed by atoms with E-state index in [0.29, 0.717) is 17.4 Å². The van der Waals surface area contributed by atoms with Crippen molar-refractivity contribution in [3.05, 3.63) is 60.8 Å². The van der Waals surface area contributed by atoms with Crippen LogP contribution in [-0.4, -0.2) is 87.4 Å². The molecule has 0 heterocycles. The molecule has 9 nitrogen and oxygen atoms in total. The van der Waals surface area contributed by atoms with E-state index in [4.69, 9.17) is 18.9 Å². The third kappa shape index (κ3) is 64.4. The van der Waals surface area contributed by atoms with E-state index >= 15 is 0 Å². The van der Waals surface area contributed by atoms with Gasteiger partial charge in [0.2, 0.25) is 0 Å². The van der Waals surface area contributed by atoms with E-state index in [1.54, 1.807) is 0 Å². The summed E-state index contributed by atoms with van der Waals surface area (Å²) < 4.78 is 23.0. The van der Waals surface area contributed by atoms with Crippen LogP contribution in [0, 0.1) is 0 Å². The zero-order chi connectivity index (χ0) is 59.1. The number of likely N-dealkylation sites (N-methyl/N-ethyl adjacent to an activating group) is 1. The number of carbonyl (C=O) groups excluding carboxylic acids is 2. The molecule has 0 amide bonds. The molecule has 81 heavy (non-hydrogen) atoms. The van der Waals surface area contributed by atoms with Crippen LogP contribution in [-0.2, 0) is 33.3 Å². The van der Waals surface area contributed by atoms with Crippen molar-refractivity contribution in [1.29, 1.82) is 0 Å². The smallest absolute Gasteiger partial charge is 0.361 e. The molecule has 0 saturated carbocycles. The van der Waals surface area contributed by atoms with Crippen LogP contribution in [0.3, 0.4) is 0 Å². The number of hydrogen-bond donors (Lipinski definition) is 1. The average Bonchev–Trinajstić information content (AvgIpc) is 3.44. The Morgan fingerprint density at radius 2 is 0.667 bits per heavy atom. The largest absolute Gasteiger partial charge is 0.477 e. The normalized spacial score (nSPS) is 13.0. The van der Waals surface area contributed by atoms with Gasteiger partial charge < -0.3 is 28.5 Å². The van der Waals surface area contributed by atoms with Crippen molar-refractivity contribution in [1.82, 2.24) is 0 Å². The highest BCUT2D eigenvalue weighted by Crippen LogP contribution is 2.18. The van der Waals surface area contributed by atoms with Gasteiger partial charge in [-0.3, -0.25) is 9.59 Å². The van der Waals surface area contributed by atoms with Crippen LogP contribution >= 0.6 is 0 Å². The summed E-state index contributed by atoms with van der Waals surface area (Å²) in [5, 5.41) is 9.74. The predicted octanol–water partition coefficient (Wildman–Crippen LogP) is 21.1. The number of esters is 2. The van der Waals surface area contributed by atoms with Gasteiger partial charge in [0, 0.05) is 12.8 Å². The molecular weight excluding hydrogens is 1010 g/mol. The van der Waals surface area contributed by atoms with E-state index in [0.717, 1.165) is 57.8 Å². The highest BCUT2D eigenvalue weighted by Gasteiger charge is 2.25. The second kappa shape index (κ2) is 63.0. The average molecular weight is 1140 g/mol. The van der Waals surface area contributed by atoms with Crippen LogP contribution in [0.15, 0.2) is 60.8 Å². The van der Waals surface area contributed by atoms with Crippen molar-refractivity contribution < 1.29 is 42.9 Å². The van der Waals surface area contributed by atoms with Crippen LogP contribution < -0.4 is 0 Å². The maximum Gasteiger partial charge on any atom is 0.361 e. The van der Waals surface area contributed by atoms with Crippen molar-refractivity contribution in [2.24, 2.45) is 0 Å². The molecule has 0 radical (unpaired) electrons. The van der Waals surface area contributed by atoms with Crippen LogP contribution in [0.2, 0.25) is 0 Å². The van der Waals surface area contributed by atoms with Crippen LogP contribution in [0.1, 0.15) is 322 Å². The molecular formula is C72H132NO8+. The summed E-state index contributed by atoms with van der Waals surface area (Å²) in [5.41, 5.74) is 0. The minimum Gasteiger partial charge on any atom is -0.477 e. The second-order valence-corrected chi connectivity index (χ2v) is 24.5. The Morgan fingerprint density at radius 3 is 0.988 bits per heavy atom. The number of aliphatic carboxylic acids is 1. The van der Waals surface area contributed by atoms with Crippen LogP contribution in [0.5, 0.6) is 0 Å². The third-order valence-electron chi connectivity index (χ3n) is 15.2. The molecule has 0 aliphatic heterocycles. The molecule has 0 spiro atoms. The number of allylic oxidation sites excluding steroid dienone is 10. The van der Waals surface area contributed by atoms with Gasteiger partial charge in [0.05, 0.1) is 34.4 Å². The van der Waals surface area contributed by atoms with Crippen LogP contribution in [0.4, 0.5) is 0 Å². The van der Waals surface area contributed by atoms with Gasteiger partial charge in [0.25, 0.3) is 6.29 Å². The molecule has 2 atom stereocenters. The number of hydrogen-bond acceptors (Lipinski definition) is 7. The number of ether oxygens (including phenoxy) is 4. The summed E-state index contributed by atoms with van der Waals surface area (Å²) in [7, 11) is 5.98. The molecule has 472 valence electrons. The quantitative estimate of drug-likeness (QED) is 0.0211. The fourth-order valence-corrected chi connectivity index (χ4v) is 9.94. The number of quaternary nitrogens is 1. The summed E-state index contributed by atoms with van der Waals surface area (Å²) in [6.45, 7) is 4.90. The SMILES string of the molecule is CCCCCCC/C=C\C/C=C\C/C=C\CCCCCCCCCCCCCCCCCCC(=O)OC(COC(=O)CCCCCCCCCCCCCCC/C=C\C/C=C\CCCCCCC)COC(OCC[N+](C)(C)C)C(=O)O. The van der Waals surface area contributed by atoms with Gasteiger partial charge >= 0.3 is 17.9 Å². The zero-order valence-electron chi connectivity index (χ0n) is 53.9. The number of nitrogens with zero attached hydrogens (tertiary/aromatic N) is 1. The monoisotopic (exact) mass is 1140 g/mol. The Morgan fingerprint density at radius 1 is 0.370 bits per heavy atom. The molecule has 0 aliphatic rings. The maximum absolute atomic E-state index is 12.9. The Balaban J connectivity index is 4.11. The fourth-order valence-electron chi connectivity index (χ4n) is 9.94. The lowest BCUT2D eigenvalue weighted by Gasteiger charge is -2.25. The fraction of sp³-hybridized carbons (Fsp3) is 0.819. The summed E-state index contributed by atoms with van der Waals surface area (Å²) >= 11 is 0. The molecule has 0 aromatic rings. The van der Waals surface area contributed by atoms with E-state index in [-0.39, 0.29) is 32.2 Å². The Kier molecular flexibility index (Phi) is 60.7. The zero-order valence-corrected chi connectivity index (χ0v) is 53.9. The van der Waals surface area contributed by atoms with Crippen LogP contribution in [0.25, 0.3) is 0 Å². The molecule has 9 heteroatoms. The number of carboxylic acid groups (broad SMARTS) is 1. The van der Waals surface area contributed by atoms with Crippen molar-refractivity contribution in [3.8, 4) is 0 Å². The van der Waals surface area contributed by atoms with Crippen molar-refractivity contribution in [2.45, 2.75) is 334 Å². The van der Waals surface area contributed by atoms with E-state index in [1.807, 2.05) is 21.1 Å². The summed E-state index contributed by atoms with van der Waals surface area (Å²) in [6.07, 6.45) is 78.9. The standard InChI is InChI=1S/C72H131NO8/c1-6-8-10-12-14-16-18-20-22-24-26-28-30-32-33-34-35-36-37-39-41-43-45-47-49-51-53-55-57-59-61-63-70(75)81-68(67-80-72(71(76)77)78-65-64-73(3,4)5)66-79-69(74)62-60-58-56-54-52-50-48-46-44-42-40-38-31-29-27-25-23-21-19-17-15-13-11-9-7-2/h18-21,24-27,30,32,68,72H,6-17,22-23,28-29,31,33-67H2,1-5H3/p+1/b20-18-,21-19-,26-24-,27-25-,32-30-. The molecule has 0 aliphatic carbocycles. The first-order valence-corrected chi connectivity index (χ1v) is 34.5. The number of unbranched alkanes of at least 4 members (excludes halogenated alkanes) is 39. The Hall–Kier alpha value is -3.01. The summed E-state index contributed by atoms with van der Waals surface area (Å²) in [6, 6.07) is 0. The first-order valence-electron chi connectivity index (χ1n) is 34.5. The van der Waals surface area contributed by atoms with Crippen molar-refractivity contribution >= 4 is 17.9 Å². The molecule has 0 rings (SSSR count). The van der Waals surface area contributed by atoms with Gasteiger partial charge in [0.1, 0.15) is 13.2 Å². The van der Waals surface area contributed by atoms with E-state index < -0.39 is 24.3 Å². The third-order valence-corrected chi connectivity index (χ3v) is 15.2. The predicted molar refractivity (Wildman–Crippen MR) is 346 cm³/mol. The number of rotatable bonds is 64. The van der Waals surface area contributed by atoms with Crippen molar-refractivity contribution in [3.63, 3.8) is 0 Å². The van der Waals surface area contributed by atoms with Gasteiger partial charge in [-0.2, -0.15) is 0 Å². The minimum absolute atomic E-state index is 0.181. The highest BCUT2D eigenvalue weighted by molar-refractivity contribution is 5.71. The molecule has 0 saturated heterocycles. The first-order chi connectivity index (χ1) is 39.6. The van der Waals surface area contributed by atoms with E-state index in [9.17, 15) is 19.5 Å². The minimum atomic E-state index is -1.51. The lowest BCUT2D eigenvalue weighted by molar-refractivity contribution is -0.870. The molecule has 0 aromatic heterocycles. The van der Waals surface area contributed by atoms with Gasteiger partial charge in [-0.05, 0) is 83.5 Å². The molecule has 0 bridgehead atoms. The summed E-state index contributed by atoms with van der Waals surface area (Å²) in [5.74, 6) is -1.99. The lowest BCUT2D eigenvalue weighted by atomic mass is 10.0. The summed E-state index contributed by atoms with van der Waals surface area (Å²) in [4.78, 5) is 37.6. The lowest BCUT2D eigenvalue weighted by Crippen LogP contribution is -2.40. The Labute approximate surface area is 501 Å². The van der Waals surface area contributed by atoms with E-state index in [1.165, 1.54) is 238 Å². The van der Waals surface area contributed by atoms with Crippen molar-refractivity contribution in [2.75, 3.05) is 47.5 Å². The second-order valence-electron chi connectivity index (χ2n) is 24.5. The van der Waals surface area contributed by atoms with Gasteiger partial charge in [-0.25, -0.2) is 4.79 Å². The van der Waals surface area contributed by atoms with Gasteiger partial charge in [0.15, 0.2) is 6.10 Å². The number of carboxylic acids is 1. The maximum atomic E-state index is 12.9. The highest BCUT2D eigenvalue weighted by atomic mass is 16.7. The molecule has 0 fully saturated rings. The first kappa shape index (κ1) is 78.0.